The molecule has 0 atom stereocenters. The molecule has 262 valence electrons. The van der Waals surface area contributed by atoms with Crippen molar-refractivity contribution in [1.82, 2.24) is 0 Å². The van der Waals surface area contributed by atoms with Crippen molar-refractivity contribution in [3.05, 3.63) is 144 Å². The van der Waals surface area contributed by atoms with Crippen LogP contribution in [0.2, 0.25) is 0 Å². The van der Waals surface area contributed by atoms with Crippen LogP contribution in [0, 0.1) is 0 Å². The van der Waals surface area contributed by atoms with Crippen LogP contribution in [0.3, 0.4) is 0 Å². The van der Waals surface area contributed by atoms with E-state index in [1.165, 1.54) is 0 Å². The molecule has 0 aliphatic carbocycles. The minimum absolute atomic E-state index is 0.175. The zero-order chi connectivity index (χ0) is 34.6. The molecule has 0 spiro atoms. The molecule has 0 aliphatic rings. The van der Waals surface area contributed by atoms with Crippen molar-refractivity contribution in [2.75, 3.05) is 41.0 Å². The lowest BCUT2D eigenvalue weighted by atomic mass is 10.1. The Labute approximate surface area is 295 Å². The van der Waals surface area contributed by atoms with Crippen LogP contribution in [-0.4, -0.2) is 41.0 Å². The van der Waals surface area contributed by atoms with Crippen LogP contribution in [0.1, 0.15) is 35.1 Å². The molecular formula is C42H46O8. The van der Waals surface area contributed by atoms with Crippen LogP contribution in [0.25, 0.3) is 0 Å². The third kappa shape index (κ3) is 12.7. The summed E-state index contributed by atoms with van der Waals surface area (Å²) in [5, 5.41) is 0. The summed E-state index contributed by atoms with van der Waals surface area (Å²) in [4.78, 5) is 0. The molecule has 0 N–H and O–H groups in total. The van der Waals surface area contributed by atoms with E-state index in [4.69, 9.17) is 37.9 Å². The number of ether oxygens (including phenoxy) is 8. The van der Waals surface area contributed by atoms with E-state index in [0.717, 1.165) is 70.9 Å². The van der Waals surface area contributed by atoms with Crippen LogP contribution in [0.4, 0.5) is 0 Å². The van der Waals surface area contributed by atoms with E-state index >= 15 is 0 Å². The summed E-state index contributed by atoms with van der Waals surface area (Å²) in [5.74, 6) is 4.55. The van der Waals surface area contributed by atoms with Crippen LogP contribution in [0.5, 0.6) is 34.5 Å². The minimum Gasteiger partial charge on any atom is -0.494 e. The Morgan fingerprint density at radius 3 is 1.12 bits per heavy atom. The number of methoxy groups -OCH3 is 2. The van der Waals surface area contributed by atoms with Crippen molar-refractivity contribution < 1.29 is 37.9 Å². The summed E-state index contributed by atoms with van der Waals surface area (Å²) in [6.07, 6.45) is 3.30. The van der Waals surface area contributed by atoms with Gasteiger partial charge in [0, 0.05) is 26.4 Å². The standard InChI is InChI=1S/C42H46O8/c1-43-31-49-41-25-35(23-39(27-41)47-29-33-11-5-3-6-12-33)15-9-21-45-37-17-19-38(20-18-37)46-22-10-16-36-24-40(28-42(26-36)50-32-44-2)48-30-34-13-7-4-8-14-34/h3-8,11-14,17-20,23-28H,9-10,15-16,21-22,29-32H2,1-2H3. The molecule has 0 saturated carbocycles. The van der Waals surface area contributed by atoms with Gasteiger partial charge in [-0.05, 0) is 96.5 Å². The smallest absolute Gasteiger partial charge is 0.188 e. The van der Waals surface area contributed by atoms with Gasteiger partial charge in [0.25, 0.3) is 0 Å². The summed E-state index contributed by atoms with van der Waals surface area (Å²) in [7, 11) is 3.21. The zero-order valence-corrected chi connectivity index (χ0v) is 28.9. The van der Waals surface area contributed by atoms with E-state index in [1.54, 1.807) is 14.2 Å². The average Bonchev–Trinajstić information content (AvgIpc) is 3.16. The Morgan fingerprint density at radius 1 is 0.360 bits per heavy atom. The van der Waals surface area contributed by atoms with Crippen molar-refractivity contribution >= 4 is 0 Å². The monoisotopic (exact) mass is 678 g/mol. The first-order chi connectivity index (χ1) is 24.7. The Kier molecular flexibility index (Phi) is 14.7. The zero-order valence-electron chi connectivity index (χ0n) is 28.9. The topological polar surface area (TPSA) is 73.8 Å². The first kappa shape index (κ1) is 36.1. The van der Waals surface area contributed by atoms with Gasteiger partial charge in [-0.2, -0.15) is 0 Å². The summed E-state index contributed by atoms with van der Waals surface area (Å²) < 4.78 is 45.8. The van der Waals surface area contributed by atoms with E-state index in [1.807, 2.05) is 109 Å². The molecule has 5 aromatic rings. The molecule has 0 fully saturated rings. The first-order valence-electron chi connectivity index (χ1n) is 16.9. The van der Waals surface area contributed by atoms with E-state index in [2.05, 4.69) is 12.1 Å². The van der Waals surface area contributed by atoms with Crippen molar-refractivity contribution in [2.45, 2.75) is 38.9 Å². The summed E-state index contributed by atoms with van der Waals surface area (Å²) in [6.45, 7) is 2.48. The molecule has 5 rings (SSSR count). The predicted octanol–water partition coefficient (Wildman–Crippen LogP) is 8.83. The van der Waals surface area contributed by atoms with Gasteiger partial charge in [-0.3, -0.25) is 0 Å². The van der Waals surface area contributed by atoms with Gasteiger partial charge in [0.15, 0.2) is 13.6 Å². The van der Waals surface area contributed by atoms with Crippen molar-refractivity contribution in [1.29, 1.82) is 0 Å². The molecule has 0 unspecified atom stereocenters. The number of benzene rings is 5. The molecular weight excluding hydrogens is 632 g/mol. The van der Waals surface area contributed by atoms with Gasteiger partial charge in [-0.1, -0.05) is 60.7 Å². The second-order valence-electron chi connectivity index (χ2n) is 11.7. The maximum Gasteiger partial charge on any atom is 0.188 e. The molecule has 8 nitrogen and oxygen atoms in total. The maximum atomic E-state index is 6.06. The van der Waals surface area contributed by atoms with E-state index in [-0.39, 0.29) is 13.6 Å². The van der Waals surface area contributed by atoms with E-state index < -0.39 is 0 Å². The highest BCUT2D eigenvalue weighted by atomic mass is 16.7. The Bertz CT molecular complexity index is 1550. The maximum absolute atomic E-state index is 6.06. The molecule has 0 radical (unpaired) electrons. The number of hydrogen-bond acceptors (Lipinski definition) is 8. The van der Waals surface area contributed by atoms with E-state index in [9.17, 15) is 0 Å². The van der Waals surface area contributed by atoms with Gasteiger partial charge < -0.3 is 37.9 Å². The average molecular weight is 679 g/mol. The lowest BCUT2D eigenvalue weighted by Gasteiger charge is -2.13. The highest BCUT2D eigenvalue weighted by molar-refractivity contribution is 5.40. The molecule has 8 heteroatoms. The second-order valence-corrected chi connectivity index (χ2v) is 11.7. The second kappa shape index (κ2) is 20.4. The fourth-order valence-corrected chi connectivity index (χ4v) is 5.18. The van der Waals surface area contributed by atoms with Crippen LogP contribution in [-0.2, 0) is 35.5 Å². The lowest BCUT2D eigenvalue weighted by molar-refractivity contribution is 0.0507. The van der Waals surface area contributed by atoms with Gasteiger partial charge in [-0.25, -0.2) is 0 Å². The Balaban J connectivity index is 1.04. The predicted molar refractivity (Wildman–Crippen MR) is 194 cm³/mol. The SMILES string of the molecule is COCOc1cc(CCCOc2ccc(OCCCc3cc(OCOC)cc(OCc4ccccc4)c3)cc2)cc(OCc2ccccc2)c1. The van der Waals surface area contributed by atoms with Crippen molar-refractivity contribution in [3.63, 3.8) is 0 Å². The van der Waals surface area contributed by atoms with Gasteiger partial charge in [0.1, 0.15) is 47.7 Å². The fourth-order valence-electron chi connectivity index (χ4n) is 5.18. The molecule has 5 aromatic carbocycles. The first-order valence-corrected chi connectivity index (χ1v) is 16.9. The third-order valence-corrected chi connectivity index (χ3v) is 7.64. The molecule has 0 aliphatic heterocycles. The van der Waals surface area contributed by atoms with Crippen LogP contribution >= 0.6 is 0 Å². The molecule has 0 amide bonds. The number of aryl methyl sites for hydroxylation is 2. The van der Waals surface area contributed by atoms with Gasteiger partial charge in [-0.15, -0.1) is 0 Å². The fraction of sp³-hybridized carbons (Fsp3) is 0.286. The van der Waals surface area contributed by atoms with Gasteiger partial charge in [0.2, 0.25) is 0 Å². The van der Waals surface area contributed by atoms with Gasteiger partial charge >= 0.3 is 0 Å². The summed E-state index contributed by atoms with van der Waals surface area (Å²) in [5.41, 5.74) is 4.44. The molecule has 50 heavy (non-hydrogen) atoms. The van der Waals surface area contributed by atoms with Crippen molar-refractivity contribution in [2.24, 2.45) is 0 Å². The van der Waals surface area contributed by atoms with Gasteiger partial charge in [0.05, 0.1) is 13.2 Å². The van der Waals surface area contributed by atoms with Crippen molar-refractivity contribution in [3.8, 4) is 34.5 Å². The largest absolute Gasteiger partial charge is 0.494 e. The summed E-state index contributed by atoms with van der Waals surface area (Å²) >= 11 is 0. The van der Waals surface area contributed by atoms with Crippen LogP contribution < -0.4 is 28.4 Å². The highest BCUT2D eigenvalue weighted by Crippen LogP contribution is 2.27. The van der Waals surface area contributed by atoms with E-state index in [0.29, 0.717) is 37.9 Å². The van der Waals surface area contributed by atoms with Crippen LogP contribution in [0.15, 0.2) is 121 Å². The third-order valence-electron chi connectivity index (χ3n) is 7.64. The normalized spacial score (nSPS) is 10.8. The highest BCUT2D eigenvalue weighted by Gasteiger charge is 2.07. The molecule has 0 bridgehead atoms. The number of hydrogen-bond donors (Lipinski definition) is 0. The Hall–Kier alpha value is -5.18. The lowest BCUT2D eigenvalue weighted by Crippen LogP contribution is -2.03. The minimum atomic E-state index is 0.175. The molecule has 0 aromatic heterocycles. The quantitative estimate of drug-likeness (QED) is 0.0531. The number of rotatable bonds is 22. The Morgan fingerprint density at radius 2 is 0.740 bits per heavy atom. The summed E-state index contributed by atoms with van der Waals surface area (Å²) in [6, 6.07) is 39.9. The molecule has 0 saturated heterocycles. The molecule has 0 heterocycles.